The van der Waals surface area contributed by atoms with Gasteiger partial charge in [0.25, 0.3) is 0 Å². The smallest absolute Gasteiger partial charge is 0.191 e. The maximum Gasteiger partial charge on any atom is 0.191 e. The second-order valence-corrected chi connectivity index (χ2v) is 7.62. The number of para-hydroxylation sites is 1. The lowest BCUT2D eigenvalue weighted by atomic mass is 10.1. The molecule has 32 heavy (non-hydrogen) atoms. The number of nitrogens with zero attached hydrogens (tertiary/aromatic N) is 1. The van der Waals surface area contributed by atoms with Crippen LogP contribution >= 0.6 is 24.0 Å². The molecule has 0 aliphatic carbocycles. The molecule has 3 rings (SSSR count). The number of nitrogens with one attached hydrogen (secondary N) is 2. The molecule has 2 aromatic rings. The third-order valence-corrected chi connectivity index (χ3v) is 5.32. The van der Waals surface area contributed by atoms with E-state index in [0.29, 0.717) is 19.3 Å². The molecule has 1 heterocycles. The first-order valence-corrected chi connectivity index (χ1v) is 11.2. The summed E-state index contributed by atoms with van der Waals surface area (Å²) in [6.45, 7) is 6.58. The summed E-state index contributed by atoms with van der Waals surface area (Å²) >= 11 is 0. The number of ether oxygens (including phenoxy) is 3. The molecule has 0 saturated carbocycles. The van der Waals surface area contributed by atoms with Crippen LogP contribution in [0, 0.1) is 0 Å². The van der Waals surface area contributed by atoms with Gasteiger partial charge in [-0.2, -0.15) is 0 Å². The first kappa shape index (κ1) is 26.4. The number of guanidine groups is 1. The molecule has 2 N–H and O–H groups in total. The van der Waals surface area contributed by atoms with Crippen molar-refractivity contribution in [3.05, 3.63) is 65.2 Å². The number of benzene rings is 2. The summed E-state index contributed by atoms with van der Waals surface area (Å²) in [5, 5.41) is 6.73. The Balaban J connectivity index is 0.00000363. The van der Waals surface area contributed by atoms with Crippen LogP contribution in [-0.2, 0) is 29.0 Å². The van der Waals surface area contributed by atoms with E-state index in [4.69, 9.17) is 19.2 Å². The summed E-state index contributed by atoms with van der Waals surface area (Å²) in [7, 11) is 1.71. The third-order valence-electron chi connectivity index (χ3n) is 5.32. The largest absolute Gasteiger partial charge is 0.496 e. The summed E-state index contributed by atoms with van der Waals surface area (Å²) in [5.74, 6) is 1.75. The monoisotopic (exact) mass is 553 g/mol. The van der Waals surface area contributed by atoms with E-state index in [1.165, 1.54) is 16.7 Å². The van der Waals surface area contributed by atoms with Crippen LogP contribution in [0.4, 0.5) is 0 Å². The van der Waals surface area contributed by atoms with Crippen molar-refractivity contribution in [2.45, 2.75) is 45.4 Å². The number of hydrogen-bond acceptors (Lipinski definition) is 4. The molecule has 0 spiro atoms. The van der Waals surface area contributed by atoms with Crippen molar-refractivity contribution in [1.29, 1.82) is 0 Å². The summed E-state index contributed by atoms with van der Waals surface area (Å²) < 4.78 is 16.8. The second kappa shape index (κ2) is 15.1. The van der Waals surface area contributed by atoms with Crippen LogP contribution in [-0.4, -0.2) is 45.5 Å². The van der Waals surface area contributed by atoms with E-state index in [9.17, 15) is 0 Å². The molecule has 0 radical (unpaired) electrons. The quantitative estimate of drug-likeness (QED) is 0.261. The van der Waals surface area contributed by atoms with Crippen molar-refractivity contribution in [1.82, 2.24) is 10.6 Å². The van der Waals surface area contributed by atoms with Crippen LogP contribution in [0.15, 0.2) is 53.5 Å². The van der Waals surface area contributed by atoms with Gasteiger partial charge in [0, 0.05) is 26.3 Å². The van der Waals surface area contributed by atoms with Gasteiger partial charge in [0.2, 0.25) is 0 Å². The van der Waals surface area contributed by atoms with Gasteiger partial charge in [-0.3, -0.25) is 0 Å². The second-order valence-electron chi connectivity index (χ2n) is 7.62. The maximum absolute atomic E-state index is 6.00. The standard InChI is InChI=1S/C25H35N3O3.HI/c1-3-26-25(27-15-12-22-6-4-5-7-24(22)29-2)28-18-20-8-10-21(11-9-20)19-31-23-13-16-30-17-14-23;/h4-11,23H,3,12-19H2,1-2H3,(H2,26,27,28);1H. The molecule has 0 bridgehead atoms. The van der Waals surface area contributed by atoms with Gasteiger partial charge in [0.15, 0.2) is 5.96 Å². The predicted molar refractivity (Wildman–Crippen MR) is 140 cm³/mol. The maximum atomic E-state index is 6.00. The Bertz CT molecular complexity index is 808. The number of hydrogen-bond donors (Lipinski definition) is 2. The summed E-state index contributed by atoms with van der Waals surface area (Å²) in [5.41, 5.74) is 3.56. The number of halogens is 1. The lowest BCUT2D eigenvalue weighted by Crippen LogP contribution is -2.38. The van der Waals surface area contributed by atoms with E-state index in [-0.39, 0.29) is 24.0 Å². The third kappa shape index (κ3) is 8.96. The molecule has 1 aliphatic rings. The minimum atomic E-state index is 0. The van der Waals surface area contributed by atoms with E-state index in [2.05, 4.69) is 47.9 Å². The minimum absolute atomic E-state index is 0. The summed E-state index contributed by atoms with van der Waals surface area (Å²) in [4.78, 5) is 4.72. The van der Waals surface area contributed by atoms with Crippen LogP contribution in [0.3, 0.4) is 0 Å². The Kier molecular flexibility index (Phi) is 12.4. The first-order valence-electron chi connectivity index (χ1n) is 11.2. The molecule has 0 atom stereocenters. The average molecular weight is 553 g/mol. The van der Waals surface area contributed by atoms with E-state index in [1.807, 2.05) is 18.2 Å². The predicted octanol–water partition coefficient (Wildman–Crippen LogP) is 4.31. The normalized spacial score (nSPS) is 14.5. The molecule has 0 amide bonds. The van der Waals surface area contributed by atoms with E-state index < -0.39 is 0 Å². The van der Waals surface area contributed by atoms with E-state index >= 15 is 0 Å². The minimum Gasteiger partial charge on any atom is -0.496 e. The van der Waals surface area contributed by atoms with E-state index in [1.54, 1.807) is 7.11 Å². The molecular weight excluding hydrogens is 517 g/mol. The van der Waals surface area contributed by atoms with Gasteiger partial charge < -0.3 is 24.8 Å². The Labute approximate surface area is 209 Å². The zero-order valence-electron chi connectivity index (χ0n) is 19.1. The van der Waals surface area contributed by atoms with Gasteiger partial charge in [0.05, 0.1) is 26.4 Å². The molecule has 176 valence electrons. The number of rotatable bonds is 10. The lowest BCUT2D eigenvalue weighted by molar-refractivity contribution is -0.0390. The average Bonchev–Trinajstić information content (AvgIpc) is 2.83. The van der Waals surface area contributed by atoms with Crippen molar-refractivity contribution in [2.24, 2.45) is 4.99 Å². The Morgan fingerprint density at radius 3 is 2.47 bits per heavy atom. The molecule has 1 aliphatic heterocycles. The molecule has 7 heteroatoms. The molecular formula is C25H36IN3O3. The topological polar surface area (TPSA) is 64.1 Å². The van der Waals surface area contributed by atoms with Gasteiger partial charge in [-0.05, 0) is 48.9 Å². The van der Waals surface area contributed by atoms with Crippen molar-refractivity contribution >= 4 is 29.9 Å². The zero-order chi connectivity index (χ0) is 21.7. The van der Waals surface area contributed by atoms with Crippen molar-refractivity contribution < 1.29 is 14.2 Å². The zero-order valence-corrected chi connectivity index (χ0v) is 21.5. The summed E-state index contributed by atoms with van der Waals surface area (Å²) in [6, 6.07) is 16.6. The van der Waals surface area contributed by atoms with Gasteiger partial charge in [-0.15, -0.1) is 24.0 Å². The Morgan fingerprint density at radius 2 is 1.75 bits per heavy atom. The highest BCUT2D eigenvalue weighted by Crippen LogP contribution is 2.17. The highest BCUT2D eigenvalue weighted by molar-refractivity contribution is 14.0. The van der Waals surface area contributed by atoms with Gasteiger partial charge in [0.1, 0.15) is 5.75 Å². The van der Waals surface area contributed by atoms with Crippen LogP contribution in [0.5, 0.6) is 5.75 Å². The highest BCUT2D eigenvalue weighted by atomic mass is 127. The summed E-state index contributed by atoms with van der Waals surface area (Å²) in [6.07, 6.45) is 3.17. The van der Waals surface area contributed by atoms with Crippen LogP contribution in [0.1, 0.15) is 36.5 Å². The first-order chi connectivity index (χ1) is 15.3. The molecule has 2 aromatic carbocycles. The van der Waals surface area contributed by atoms with E-state index in [0.717, 1.165) is 57.3 Å². The Morgan fingerprint density at radius 1 is 1.03 bits per heavy atom. The van der Waals surface area contributed by atoms with Crippen molar-refractivity contribution in [2.75, 3.05) is 33.4 Å². The molecule has 1 fully saturated rings. The van der Waals surface area contributed by atoms with Crippen LogP contribution in [0.2, 0.25) is 0 Å². The number of aliphatic imine (C=N–C) groups is 1. The lowest BCUT2D eigenvalue weighted by Gasteiger charge is -2.22. The number of methoxy groups -OCH3 is 1. The van der Waals surface area contributed by atoms with Crippen molar-refractivity contribution in [3.8, 4) is 5.75 Å². The molecule has 6 nitrogen and oxygen atoms in total. The van der Waals surface area contributed by atoms with Crippen molar-refractivity contribution in [3.63, 3.8) is 0 Å². The fourth-order valence-electron chi connectivity index (χ4n) is 3.53. The highest BCUT2D eigenvalue weighted by Gasteiger charge is 2.13. The molecule has 0 aromatic heterocycles. The Hall–Kier alpha value is -1.84. The fourth-order valence-corrected chi connectivity index (χ4v) is 3.53. The van der Waals surface area contributed by atoms with Gasteiger partial charge in [-0.1, -0.05) is 42.5 Å². The van der Waals surface area contributed by atoms with Crippen LogP contribution in [0.25, 0.3) is 0 Å². The SMILES string of the molecule is CCNC(=NCc1ccc(COC2CCOCC2)cc1)NCCc1ccccc1OC.I. The fraction of sp³-hybridized carbons (Fsp3) is 0.480. The van der Waals surface area contributed by atoms with Gasteiger partial charge >= 0.3 is 0 Å². The molecule has 0 unspecified atom stereocenters. The molecule has 1 saturated heterocycles. The van der Waals surface area contributed by atoms with Gasteiger partial charge in [-0.25, -0.2) is 4.99 Å². The van der Waals surface area contributed by atoms with Crippen LogP contribution < -0.4 is 15.4 Å².